The highest BCUT2D eigenvalue weighted by Crippen LogP contribution is 2.25. The summed E-state index contributed by atoms with van der Waals surface area (Å²) >= 11 is 0. The SMILES string of the molecule is CCOC(=O)C=CCCC(C)CC(C)c1ccccc1. The number of rotatable bonds is 8. The van der Waals surface area contributed by atoms with Gasteiger partial charge in [0.15, 0.2) is 0 Å². The number of carbonyl (C=O) groups excluding carboxylic acids is 1. The fraction of sp³-hybridized carbons (Fsp3) is 0.500. The van der Waals surface area contributed by atoms with Crippen molar-refractivity contribution in [2.24, 2.45) is 5.92 Å². The maximum Gasteiger partial charge on any atom is 0.330 e. The number of esters is 1. The summed E-state index contributed by atoms with van der Waals surface area (Å²) in [5.74, 6) is 0.995. The topological polar surface area (TPSA) is 26.3 Å². The molecule has 0 aliphatic carbocycles. The van der Waals surface area contributed by atoms with Crippen molar-refractivity contribution in [3.63, 3.8) is 0 Å². The molecule has 1 aromatic carbocycles. The molecule has 2 unspecified atom stereocenters. The Morgan fingerprint density at radius 3 is 2.60 bits per heavy atom. The van der Waals surface area contributed by atoms with Crippen LogP contribution >= 0.6 is 0 Å². The van der Waals surface area contributed by atoms with E-state index in [4.69, 9.17) is 4.74 Å². The second kappa shape index (κ2) is 9.35. The summed E-state index contributed by atoms with van der Waals surface area (Å²) in [5, 5.41) is 0. The predicted molar refractivity (Wildman–Crippen MR) is 83.6 cm³/mol. The summed E-state index contributed by atoms with van der Waals surface area (Å²) in [5.41, 5.74) is 1.40. The lowest BCUT2D eigenvalue weighted by Gasteiger charge is -2.17. The Morgan fingerprint density at radius 1 is 1.25 bits per heavy atom. The van der Waals surface area contributed by atoms with E-state index in [1.165, 1.54) is 18.1 Å². The number of ether oxygens (including phenoxy) is 1. The average Bonchev–Trinajstić information content (AvgIpc) is 2.45. The van der Waals surface area contributed by atoms with Crippen LogP contribution < -0.4 is 0 Å². The van der Waals surface area contributed by atoms with Crippen LogP contribution in [0.15, 0.2) is 42.5 Å². The van der Waals surface area contributed by atoms with Gasteiger partial charge in [0.1, 0.15) is 0 Å². The first-order valence-corrected chi connectivity index (χ1v) is 7.51. The molecule has 0 aliphatic heterocycles. The summed E-state index contributed by atoms with van der Waals surface area (Å²) in [7, 11) is 0. The van der Waals surface area contributed by atoms with Gasteiger partial charge in [0.25, 0.3) is 0 Å². The number of hydrogen-bond donors (Lipinski definition) is 0. The molecular formula is C18H26O2. The van der Waals surface area contributed by atoms with Crippen molar-refractivity contribution in [2.45, 2.75) is 46.0 Å². The number of carbonyl (C=O) groups is 1. The van der Waals surface area contributed by atoms with Crippen LogP contribution in [0.3, 0.4) is 0 Å². The van der Waals surface area contributed by atoms with Crippen molar-refractivity contribution in [2.75, 3.05) is 6.61 Å². The Bertz CT molecular complexity index is 409. The molecule has 0 heterocycles. The predicted octanol–water partition coefficient (Wildman–Crippen LogP) is 4.72. The molecule has 0 amide bonds. The van der Waals surface area contributed by atoms with E-state index < -0.39 is 0 Å². The van der Waals surface area contributed by atoms with Crippen LogP contribution in [0.4, 0.5) is 0 Å². The average molecular weight is 274 g/mol. The second-order valence-corrected chi connectivity index (χ2v) is 5.38. The molecule has 0 fully saturated rings. The number of hydrogen-bond acceptors (Lipinski definition) is 2. The maximum atomic E-state index is 11.1. The fourth-order valence-corrected chi connectivity index (χ4v) is 2.39. The Morgan fingerprint density at radius 2 is 1.95 bits per heavy atom. The van der Waals surface area contributed by atoms with Crippen LogP contribution in [-0.4, -0.2) is 12.6 Å². The highest BCUT2D eigenvalue weighted by molar-refractivity contribution is 5.81. The molecule has 20 heavy (non-hydrogen) atoms. The Labute approximate surface area is 122 Å². The lowest BCUT2D eigenvalue weighted by Crippen LogP contribution is -2.02. The van der Waals surface area contributed by atoms with Gasteiger partial charge in [-0.2, -0.15) is 0 Å². The van der Waals surface area contributed by atoms with Gasteiger partial charge in [-0.05, 0) is 43.6 Å². The third-order valence-electron chi connectivity index (χ3n) is 3.49. The minimum absolute atomic E-state index is 0.238. The molecule has 0 saturated heterocycles. The normalized spacial score (nSPS) is 14.2. The van der Waals surface area contributed by atoms with Gasteiger partial charge in [-0.15, -0.1) is 0 Å². The van der Waals surface area contributed by atoms with E-state index in [2.05, 4.69) is 44.2 Å². The third-order valence-corrected chi connectivity index (χ3v) is 3.49. The third kappa shape index (κ3) is 6.55. The zero-order valence-corrected chi connectivity index (χ0v) is 12.8. The van der Waals surface area contributed by atoms with Crippen molar-refractivity contribution >= 4 is 5.97 Å². The molecule has 2 heteroatoms. The fourth-order valence-electron chi connectivity index (χ4n) is 2.39. The van der Waals surface area contributed by atoms with Gasteiger partial charge in [0.05, 0.1) is 6.61 Å². The van der Waals surface area contributed by atoms with Gasteiger partial charge in [-0.25, -0.2) is 4.79 Å². The van der Waals surface area contributed by atoms with Crippen LogP contribution in [0.1, 0.15) is 51.5 Å². The zero-order valence-electron chi connectivity index (χ0n) is 12.8. The van der Waals surface area contributed by atoms with E-state index in [1.807, 2.05) is 13.0 Å². The molecule has 0 aromatic heterocycles. The van der Waals surface area contributed by atoms with Crippen LogP contribution in [0, 0.1) is 5.92 Å². The van der Waals surface area contributed by atoms with Crippen molar-refractivity contribution in [1.82, 2.24) is 0 Å². The Balaban J connectivity index is 2.26. The Hall–Kier alpha value is -1.57. The molecule has 2 atom stereocenters. The largest absolute Gasteiger partial charge is 0.463 e. The number of allylic oxidation sites excluding steroid dienone is 1. The summed E-state index contributed by atoms with van der Waals surface area (Å²) < 4.78 is 4.85. The van der Waals surface area contributed by atoms with E-state index >= 15 is 0 Å². The first-order chi connectivity index (χ1) is 9.63. The molecule has 2 nitrogen and oxygen atoms in total. The first kappa shape index (κ1) is 16.5. The molecular weight excluding hydrogens is 248 g/mol. The molecule has 0 aliphatic rings. The molecule has 110 valence electrons. The van der Waals surface area contributed by atoms with E-state index in [9.17, 15) is 4.79 Å². The minimum atomic E-state index is -0.238. The van der Waals surface area contributed by atoms with Gasteiger partial charge in [0, 0.05) is 6.08 Å². The van der Waals surface area contributed by atoms with Crippen molar-refractivity contribution < 1.29 is 9.53 Å². The molecule has 1 aromatic rings. The van der Waals surface area contributed by atoms with Gasteiger partial charge in [-0.1, -0.05) is 50.3 Å². The highest BCUT2D eigenvalue weighted by atomic mass is 16.5. The van der Waals surface area contributed by atoms with Gasteiger partial charge >= 0.3 is 5.97 Å². The van der Waals surface area contributed by atoms with Crippen LogP contribution in [0.2, 0.25) is 0 Å². The molecule has 0 spiro atoms. The van der Waals surface area contributed by atoms with E-state index in [0.717, 1.165) is 12.8 Å². The van der Waals surface area contributed by atoms with E-state index in [1.54, 1.807) is 0 Å². The smallest absolute Gasteiger partial charge is 0.330 e. The zero-order chi connectivity index (χ0) is 14.8. The van der Waals surface area contributed by atoms with Crippen LogP contribution in [0.25, 0.3) is 0 Å². The molecule has 1 rings (SSSR count). The minimum Gasteiger partial charge on any atom is -0.463 e. The molecule has 0 radical (unpaired) electrons. The van der Waals surface area contributed by atoms with Crippen LogP contribution in [-0.2, 0) is 9.53 Å². The van der Waals surface area contributed by atoms with Crippen molar-refractivity contribution in [3.05, 3.63) is 48.0 Å². The summed E-state index contributed by atoms with van der Waals surface area (Å²) in [6, 6.07) is 10.6. The lowest BCUT2D eigenvalue weighted by atomic mass is 9.89. The summed E-state index contributed by atoms with van der Waals surface area (Å²) in [6.45, 7) is 6.81. The van der Waals surface area contributed by atoms with Gasteiger partial charge in [-0.3, -0.25) is 0 Å². The monoisotopic (exact) mass is 274 g/mol. The van der Waals surface area contributed by atoms with Crippen LogP contribution in [0.5, 0.6) is 0 Å². The van der Waals surface area contributed by atoms with Gasteiger partial charge in [0.2, 0.25) is 0 Å². The second-order valence-electron chi connectivity index (χ2n) is 5.38. The van der Waals surface area contributed by atoms with E-state index in [-0.39, 0.29) is 5.97 Å². The summed E-state index contributed by atoms with van der Waals surface area (Å²) in [4.78, 5) is 11.1. The van der Waals surface area contributed by atoms with Crippen molar-refractivity contribution in [3.8, 4) is 0 Å². The molecule has 0 bridgehead atoms. The standard InChI is InChI=1S/C18H26O2/c1-4-20-18(19)13-9-8-10-15(2)14-16(3)17-11-6-5-7-12-17/h5-7,9,11-13,15-16H,4,8,10,14H2,1-3H3. The summed E-state index contributed by atoms with van der Waals surface area (Å²) in [6.07, 6.45) is 6.67. The lowest BCUT2D eigenvalue weighted by molar-refractivity contribution is -0.137. The van der Waals surface area contributed by atoms with Crippen molar-refractivity contribution in [1.29, 1.82) is 0 Å². The van der Waals surface area contributed by atoms with E-state index in [0.29, 0.717) is 18.4 Å². The number of benzene rings is 1. The highest BCUT2D eigenvalue weighted by Gasteiger charge is 2.09. The quantitative estimate of drug-likeness (QED) is 0.506. The maximum absolute atomic E-state index is 11.1. The first-order valence-electron chi connectivity index (χ1n) is 7.51. The molecule has 0 N–H and O–H groups in total. The van der Waals surface area contributed by atoms with Gasteiger partial charge < -0.3 is 4.74 Å². The molecule has 0 saturated carbocycles. The Kier molecular flexibility index (Phi) is 7.71.